The second-order valence-corrected chi connectivity index (χ2v) is 9.00. The largest absolute Gasteiger partial charge is 0.385 e. The minimum Gasteiger partial charge on any atom is -0.385 e. The Morgan fingerprint density at radius 3 is 2.53 bits per heavy atom. The zero-order valence-electron chi connectivity index (χ0n) is 17.9. The number of aliphatic hydroxyl groups is 1. The lowest BCUT2D eigenvalue weighted by atomic mass is 9.70. The molecule has 0 fully saturated rings. The molecule has 1 aliphatic carbocycles. The molecule has 3 nitrogen and oxygen atoms in total. The van der Waals surface area contributed by atoms with Crippen molar-refractivity contribution in [1.29, 1.82) is 0 Å². The van der Waals surface area contributed by atoms with Crippen LogP contribution >= 0.6 is 0 Å². The smallest absolute Gasteiger partial charge is 0.123 e. The van der Waals surface area contributed by atoms with E-state index in [9.17, 15) is 9.50 Å². The number of allylic oxidation sites excluding steroid dienone is 1. The predicted molar refractivity (Wildman–Crippen MR) is 119 cm³/mol. The lowest BCUT2D eigenvalue weighted by molar-refractivity contribution is 0.0424. The van der Waals surface area contributed by atoms with Crippen LogP contribution in [-0.4, -0.2) is 14.9 Å². The number of halogens is 1. The second kappa shape index (κ2) is 7.84. The molecule has 0 saturated heterocycles. The van der Waals surface area contributed by atoms with Crippen LogP contribution in [0.2, 0.25) is 0 Å². The fourth-order valence-electron chi connectivity index (χ4n) is 4.46. The van der Waals surface area contributed by atoms with Gasteiger partial charge in [-0.3, -0.25) is 0 Å². The van der Waals surface area contributed by atoms with Gasteiger partial charge >= 0.3 is 0 Å². The van der Waals surface area contributed by atoms with Gasteiger partial charge in [0.15, 0.2) is 0 Å². The highest BCUT2D eigenvalue weighted by molar-refractivity contribution is 5.60. The highest BCUT2D eigenvalue weighted by Gasteiger charge is 2.33. The Bertz CT molecular complexity index is 1050. The minimum absolute atomic E-state index is 0.0381. The lowest BCUT2D eigenvalue weighted by Gasteiger charge is -2.35. The van der Waals surface area contributed by atoms with Gasteiger partial charge in [0, 0.05) is 0 Å². The molecule has 0 radical (unpaired) electrons. The summed E-state index contributed by atoms with van der Waals surface area (Å²) in [7, 11) is 0. The molecule has 0 aliphatic heterocycles. The first-order valence-electron chi connectivity index (χ1n) is 10.6. The van der Waals surface area contributed by atoms with Gasteiger partial charge in [0.05, 0.1) is 23.2 Å². The third kappa shape index (κ3) is 3.97. The van der Waals surface area contributed by atoms with Crippen LogP contribution < -0.4 is 0 Å². The molecule has 2 aromatic carbocycles. The topological polar surface area (TPSA) is 38.0 Å². The monoisotopic (exact) mass is 404 g/mol. The number of hydrogen-bond donors (Lipinski definition) is 1. The Kier molecular flexibility index (Phi) is 5.37. The van der Waals surface area contributed by atoms with Gasteiger partial charge in [-0.25, -0.2) is 9.07 Å². The van der Waals surface area contributed by atoms with E-state index in [1.807, 2.05) is 48.1 Å². The van der Waals surface area contributed by atoms with Crippen molar-refractivity contribution in [2.24, 2.45) is 5.41 Å². The normalized spacial score (nSPS) is 20.4. The van der Waals surface area contributed by atoms with Crippen LogP contribution in [0.5, 0.6) is 0 Å². The molecule has 1 aliphatic rings. The fraction of sp³-hybridized carbons (Fsp3) is 0.346. The molecule has 3 aromatic rings. The van der Waals surface area contributed by atoms with E-state index in [1.165, 1.54) is 23.3 Å². The minimum atomic E-state index is -0.817. The number of aromatic nitrogens is 2. The molecule has 1 N–H and O–H groups in total. The average Bonchev–Trinajstić information content (AvgIpc) is 3.11. The zero-order chi connectivity index (χ0) is 21.4. The van der Waals surface area contributed by atoms with E-state index >= 15 is 0 Å². The van der Waals surface area contributed by atoms with Crippen LogP contribution in [0.1, 0.15) is 56.9 Å². The summed E-state index contributed by atoms with van der Waals surface area (Å²) in [6, 6.07) is 16.3. The summed E-state index contributed by atoms with van der Waals surface area (Å²) < 4.78 is 15.2. The quantitative estimate of drug-likeness (QED) is 0.543. The first-order chi connectivity index (χ1) is 14.3. The number of nitrogens with zero attached hydrogens (tertiary/aromatic N) is 2. The Labute approximate surface area is 177 Å². The lowest BCUT2D eigenvalue weighted by Crippen LogP contribution is -2.27. The van der Waals surface area contributed by atoms with Crippen molar-refractivity contribution in [3.05, 3.63) is 89.0 Å². The third-order valence-electron chi connectivity index (χ3n) is 6.63. The Balaban J connectivity index is 1.48. The van der Waals surface area contributed by atoms with E-state index in [2.05, 4.69) is 25.0 Å². The second-order valence-electron chi connectivity index (χ2n) is 9.00. The van der Waals surface area contributed by atoms with Crippen molar-refractivity contribution < 1.29 is 9.50 Å². The highest BCUT2D eigenvalue weighted by atomic mass is 19.1. The van der Waals surface area contributed by atoms with Crippen molar-refractivity contribution in [3.63, 3.8) is 0 Å². The predicted octanol–water partition coefficient (Wildman–Crippen LogP) is 6.06. The molecule has 0 amide bonds. The molecule has 1 aromatic heterocycles. The molecule has 1 unspecified atom stereocenters. The summed E-state index contributed by atoms with van der Waals surface area (Å²) in [4.78, 5) is 0. The summed E-state index contributed by atoms with van der Waals surface area (Å²) in [6.07, 6.45) is 7.72. The number of hydrogen-bond acceptors (Lipinski definition) is 2. The summed E-state index contributed by atoms with van der Waals surface area (Å²) in [5.74, 6) is -0.245. The maximum Gasteiger partial charge on any atom is 0.123 e. The highest BCUT2D eigenvalue weighted by Crippen LogP contribution is 2.43. The van der Waals surface area contributed by atoms with E-state index < -0.39 is 5.60 Å². The summed E-state index contributed by atoms with van der Waals surface area (Å²) >= 11 is 0. The molecule has 0 saturated carbocycles. The van der Waals surface area contributed by atoms with Crippen LogP contribution in [0.15, 0.2) is 66.4 Å². The molecule has 0 spiro atoms. The molecule has 4 heteroatoms. The molecule has 0 bridgehead atoms. The first-order valence-corrected chi connectivity index (χ1v) is 10.6. The van der Waals surface area contributed by atoms with Crippen molar-refractivity contribution >= 4 is 6.08 Å². The van der Waals surface area contributed by atoms with Crippen LogP contribution in [0, 0.1) is 11.2 Å². The summed E-state index contributed by atoms with van der Waals surface area (Å²) in [6.45, 7) is 6.38. The van der Waals surface area contributed by atoms with Gasteiger partial charge in [0.1, 0.15) is 5.82 Å². The maximum absolute atomic E-state index is 13.3. The Morgan fingerprint density at radius 2 is 1.83 bits per heavy atom. The van der Waals surface area contributed by atoms with E-state index in [0.717, 1.165) is 42.6 Å². The van der Waals surface area contributed by atoms with Crippen LogP contribution in [-0.2, 0) is 12.0 Å². The zero-order valence-corrected chi connectivity index (χ0v) is 17.9. The molecule has 156 valence electrons. The summed E-state index contributed by atoms with van der Waals surface area (Å²) in [5, 5.41) is 15.5. The fourth-order valence-corrected chi connectivity index (χ4v) is 4.46. The molecule has 30 heavy (non-hydrogen) atoms. The molecular weight excluding hydrogens is 375 g/mol. The van der Waals surface area contributed by atoms with E-state index in [4.69, 9.17) is 0 Å². The Hall–Kier alpha value is -2.72. The van der Waals surface area contributed by atoms with Crippen molar-refractivity contribution in [1.82, 2.24) is 9.78 Å². The number of benzene rings is 2. The Morgan fingerprint density at radius 1 is 1.13 bits per heavy atom. The number of rotatable bonds is 6. The molecule has 2 atom stereocenters. The van der Waals surface area contributed by atoms with Gasteiger partial charge in [-0.15, -0.1) is 0 Å². The van der Waals surface area contributed by atoms with Gasteiger partial charge in [-0.05, 0) is 86.4 Å². The van der Waals surface area contributed by atoms with Gasteiger partial charge < -0.3 is 5.11 Å². The molecular formula is C26H29FN2O. The van der Waals surface area contributed by atoms with Gasteiger partial charge in [-0.1, -0.05) is 42.8 Å². The molecule has 1 heterocycles. The van der Waals surface area contributed by atoms with Crippen LogP contribution in [0.3, 0.4) is 0 Å². The van der Waals surface area contributed by atoms with Crippen molar-refractivity contribution in [2.45, 2.75) is 52.1 Å². The van der Waals surface area contributed by atoms with Crippen LogP contribution in [0.25, 0.3) is 11.8 Å². The average molecular weight is 405 g/mol. The number of fused-ring (bicyclic) bond motifs is 1. The first kappa shape index (κ1) is 20.5. The third-order valence-corrected chi connectivity index (χ3v) is 6.63. The SMILES string of the molecule is CC1=Cc2c(cnn2-c2ccc(F)cc2)C[C@@]1(C)CCCC(C)(O)c1ccccc1. The standard InChI is InChI=1S/C26H29FN2O/c1-19-16-24-20(18-28-29(24)23-12-10-22(27)11-13-23)17-25(19,2)14-7-15-26(3,30)21-8-5-4-6-9-21/h4-6,8-13,16,18,30H,7,14-15,17H2,1-3H3/t25-,26?/m1/s1. The van der Waals surface area contributed by atoms with E-state index in [-0.39, 0.29) is 11.2 Å². The van der Waals surface area contributed by atoms with Crippen molar-refractivity contribution in [2.75, 3.05) is 0 Å². The summed E-state index contributed by atoms with van der Waals surface area (Å²) in [5.41, 5.74) is 4.66. The van der Waals surface area contributed by atoms with Crippen molar-refractivity contribution in [3.8, 4) is 5.69 Å². The van der Waals surface area contributed by atoms with Crippen LogP contribution in [0.4, 0.5) is 4.39 Å². The van der Waals surface area contributed by atoms with Gasteiger partial charge in [0.2, 0.25) is 0 Å². The van der Waals surface area contributed by atoms with E-state index in [0.29, 0.717) is 0 Å². The van der Waals surface area contributed by atoms with E-state index in [1.54, 1.807) is 12.1 Å². The maximum atomic E-state index is 13.3. The van der Waals surface area contributed by atoms with Gasteiger partial charge in [0.25, 0.3) is 0 Å². The van der Waals surface area contributed by atoms with Gasteiger partial charge in [-0.2, -0.15) is 5.10 Å². The molecule has 4 rings (SSSR count).